The highest BCUT2D eigenvalue weighted by Gasteiger charge is 2.30. The number of anilines is 1. The molecule has 0 aliphatic heterocycles. The number of hydrogen-bond acceptors (Lipinski definition) is 3. The van der Waals surface area contributed by atoms with Gasteiger partial charge in [0, 0.05) is 11.7 Å². The third-order valence-corrected chi connectivity index (χ3v) is 3.89. The van der Waals surface area contributed by atoms with E-state index in [-0.39, 0.29) is 5.91 Å². The first-order valence-corrected chi connectivity index (χ1v) is 7.16. The number of hydrogen-bond donors (Lipinski definition) is 2. The Balaban J connectivity index is 1.75. The topological polar surface area (TPSA) is 50.4 Å². The van der Waals surface area contributed by atoms with Gasteiger partial charge in [0.25, 0.3) is 0 Å². The van der Waals surface area contributed by atoms with Crippen molar-refractivity contribution in [3.63, 3.8) is 0 Å². The molecule has 1 amide bonds. The Morgan fingerprint density at radius 3 is 2.60 bits per heavy atom. The minimum Gasteiger partial charge on any atom is -0.497 e. The second-order valence-electron chi connectivity index (χ2n) is 6.26. The molecule has 2 N–H and O–H groups in total. The number of carbonyl (C=O) groups excluding carboxylic acids is 1. The van der Waals surface area contributed by atoms with Gasteiger partial charge in [-0.1, -0.05) is 13.8 Å². The Labute approximate surface area is 120 Å². The van der Waals surface area contributed by atoms with E-state index in [0.29, 0.717) is 18.0 Å². The van der Waals surface area contributed by atoms with Gasteiger partial charge in [0.15, 0.2) is 0 Å². The minimum absolute atomic E-state index is 0.000118. The maximum absolute atomic E-state index is 11.9. The van der Waals surface area contributed by atoms with Gasteiger partial charge in [-0.2, -0.15) is 0 Å². The first-order valence-electron chi connectivity index (χ1n) is 7.16. The monoisotopic (exact) mass is 276 g/mol. The van der Waals surface area contributed by atoms with Crippen LogP contribution in [-0.4, -0.2) is 25.6 Å². The summed E-state index contributed by atoms with van der Waals surface area (Å²) in [6, 6.07) is 7.82. The average molecular weight is 276 g/mol. The average Bonchev–Trinajstić information content (AvgIpc) is 2.77. The highest BCUT2D eigenvalue weighted by atomic mass is 16.5. The molecule has 0 aromatic heterocycles. The van der Waals surface area contributed by atoms with Gasteiger partial charge in [-0.25, -0.2) is 0 Å². The largest absolute Gasteiger partial charge is 0.497 e. The molecule has 1 fully saturated rings. The summed E-state index contributed by atoms with van der Waals surface area (Å²) in [5.74, 6) is 0.786. The highest BCUT2D eigenvalue weighted by Crippen LogP contribution is 2.36. The molecule has 1 atom stereocenters. The molecule has 0 spiro atoms. The molecule has 1 aliphatic rings. The molecule has 2 rings (SSSR count). The molecular formula is C16H24N2O2. The third-order valence-electron chi connectivity index (χ3n) is 3.89. The van der Waals surface area contributed by atoms with Gasteiger partial charge in [-0.15, -0.1) is 0 Å². The molecule has 110 valence electrons. The van der Waals surface area contributed by atoms with Crippen LogP contribution in [-0.2, 0) is 4.79 Å². The third kappa shape index (κ3) is 4.23. The standard InChI is InChI=1S/C16H24N2O2/c1-16(2)9-8-13(10-16)17-11-15(19)18-12-4-6-14(20-3)7-5-12/h4-7,13,17H,8-11H2,1-3H3,(H,18,19). The Kier molecular flexibility index (Phi) is 4.65. The van der Waals surface area contributed by atoms with E-state index < -0.39 is 0 Å². The number of ether oxygens (including phenoxy) is 1. The maximum Gasteiger partial charge on any atom is 0.238 e. The second kappa shape index (κ2) is 6.27. The van der Waals surface area contributed by atoms with Crippen LogP contribution < -0.4 is 15.4 Å². The molecule has 1 saturated carbocycles. The maximum atomic E-state index is 11.9. The summed E-state index contributed by atoms with van der Waals surface area (Å²) < 4.78 is 5.08. The van der Waals surface area contributed by atoms with Gasteiger partial charge >= 0.3 is 0 Å². The molecule has 20 heavy (non-hydrogen) atoms. The van der Waals surface area contributed by atoms with Crippen molar-refractivity contribution in [2.24, 2.45) is 5.41 Å². The van der Waals surface area contributed by atoms with Gasteiger partial charge in [-0.3, -0.25) is 4.79 Å². The summed E-state index contributed by atoms with van der Waals surface area (Å²) in [6.45, 7) is 4.94. The van der Waals surface area contributed by atoms with Crippen LogP contribution >= 0.6 is 0 Å². The lowest BCUT2D eigenvalue weighted by molar-refractivity contribution is -0.115. The fraction of sp³-hybridized carbons (Fsp3) is 0.562. The molecule has 1 unspecified atom stereocenters. The number of benzene rings is 1. The van der Waals surface area contributed by atoms with E-state index in [2.05, 4.69) is 24.5 Å². The fourth-order valence-corrected chi connectivity index (χ4v) is 2.73. The summed E-state index contributed by atoms with van der Waals surface area (Å²) >= 11 is 0. The van der Waals surface area contributed by atoms with E-state index in [0.717, 1.165) is 24.3 Å². The van der Waals surface area contributed by atoms with Crippen molar-refractivity contribution >= 4 is 11.6 Å². The summed E-state index contributed by atoms with van der Waals surface area (Å²) in [7, 11) is 1.63. The number of rotatable bonds is 5. The zero-order valence-corrected chi connectivity index (χ0v) is 12.5. The van der Waals surface area contributed by atoms with Crippen LogP contribution in [0.5, 0.6) is 5.75 Å². The van der Waals surface area contributed by atoms with Gasteiger partial charge in [-0.05, 0) is 48.9 Å². The fourth-order valence-electron chi connectivity index (χ4n) is 2.73. The zero-order chi connectivity index (χ0) is 14.6. The van der Waals surface area contributed by atoms with E-state index in [9.17, 15) is 4.79 Å². The van der Waals surface area contributed by atoms with Crippen molar-refractivity contribution in [2.45, 2.75) is 39.2 Å². The van der Waals surface area contributed by atoms with Crippen LogP contribution in [0.15, 0.2) is 24.3 Å². The SMILES string of the molecule is COc1ccc(NC(=O)CNC2CCC(C)(C)C2)cc1. The molecule has 1 aromatic carbocycles. The van der Waals surface area contributed by atoms with Crippen LogP contribution in [0, 0.1) is 5.41 Å². The number of amides is 1. The summed E-state index contributed by atoms with van der Waals surface area (Å²) in [5, 5.41) is 6.22. The minimum atomic E-state index is -0.000118. The van der Waals surface area contributed by atoms with Crippen LogP contribution in [0.4, 0.5) is 5.69 Å². The number of methoxy groups -OCH3 is 1. The number of carbonyl (C=O) groups is 1. The van der Waals surface area contributed by atoms with Crippen molar-refractivity contribution in [3.05, 3.63) is 24.3 Å². The van der Waals surface area contributed by atoms with E-state index in [1.165, 1.54) is 6.42 Å². The zero-order valence-electron chi connectivity index (χ0n) is 12.5. The van der Waals surface area contributed by atoms with Gasteiger partial charge in [0.2, 0.25) is 5.91 Å². The van der Waals surface area contributed by atoms with Gasteiger partial charge in [0.1, 0.15) is 5.75 Å². The van der Waals surface area contributed by atoms with Crippen molar-refractivity contribution in [3.8, 4) is 5.75 Å². The Morgan fingerprint density at radius 1 is 1.35 bits per heavy atom. The van der Waals surface area contributed by atoms with E-state index in [1.54, 1.807) is 7.11 Å². The molecule has 0 heterocycles. The quantitative estimate of drug-likeness (QED) is 0.869. The van der Waals surface area contributed by atoms with Crippen molar-refractivity contribution in [2.75, 3.05) is 19.0 Å². The summed E-state index contributed by atoms with van der Waals surface area (Å²) in [5.41, 5.74) is 1.20. The Bertz CT molecular complexity index is 454. The molecular weight excluding hydrogens is 252 g/mol. The first-order chi connectivity index (χ1) is 9.48. The molecule has 0 radical (unpaired) electrons. The second-order valence-corrected chi connectivity index (χ2v) is 6.26. The summed E-state index contributed by atoms with van der Waals surface area (Å²) in [4.78, 5) is 11.9. The normalized spacial score (nSPS) is 20.6. The lowest BCUT2D eigenvalue weighted by Gasteiger charge is -2.17. The predicted octanol–water partition coefficient (Wildman–Crippen LogP) is 2.80. The molecule has 0 bridgehead atoms. The number of nitrogens with one attached hydrogen (secondary N) is 2. The van der Waals surface area contributed by atoms with Crippen LogP contribution in [0.1, 0.15) is 33.1 Å². The van der Waals surface area contributed by atoms with Crippen molar-refractivity contribution < 1.29 is 9.53 Å². The molecule has 1 aromatic rings. The molecule has 0 saturated heterocycles. The van der Waals surface area contributed by atoms with E-state index in [4.69, 9.17) is 4.74 Å². The predicted molar refractivity (Wildman–Crippen MR) is 81.0 cm³/mol. The molecule has 4 nitrogen and oxygen atoms in total. The Morgan fingerprint density at radius 2 is 2.05 bits per heavy atom. The lowest BCUT2D eigenvalue weighted by Crippen LogP contribution is -2.35. The van der Waals surface area contributed by atoms with E-state index in [1.807, 2.05) is 24.3 Å². The molecule has 1 aliphatic carbocycles. The lowest BCUT2D eigenvalue weighted by atomic mass is 9.92. The first kappa shape index (κ1) is 14.9. The molecule has 4 heteroatoms. The van der Waals surface area contributed by atoms with Crippen LogP contribution in [0.3, 0.4) is 0 Å². The van der Waals surface area contributed by atoms with E-state index >= 15 is 0 Å². The van der Waals surface area contributed by atoms with Gasteiger partial charge in [0.05, 0.1) is 13.7 Å². The van der Waals surface area contributed by atoms with Crippen LogP contribution in [0.25, 0.3) is 0 Å². The summed E-state index contributed by atoms with van der Waals surface area (Å²) in [6.07, 6.45) is 3.52. The smallest absolute Gasteiger partial charge is 0.238 e. The van der Waals surface area contributed by atoms with Crippen molar-refractivity contribution in [1.29, 1.82) is 0 Å². The van der Waals surface area contributed by atoms with Gasteiger partial charge < -0.3 is 15.4 Å². The highest BCUT2D eigenvalue weighted by molar-refractivity contribution is 5.92. The van der Waals surface area contributed by atoms with Crippen LogP contribution in [0.2, 0.25) is 0 Å². The Hall–Kier alpha value is -1.55. The van der Waals surface area contributed by atoms with Crippen molar-refractivity contribution in [1.82, 2.24) is 5.32 Å².